The van der Waals surface area contributed by atoms with E-state index in [1.165, 1.54) is 10.4 Å². The largest absolute Gasteiger partial charge is 0.477 e. The van der Waals surface area contributed by atoms with Crippen LogP contribution in [0, 0.1) is 0 Å². The molecule has 0 amide bonds. The molecule has 0 saturated carbocycles. The highest BCUT2D eigenvalue weighted by atomic mass is 32.2. The van der Waals surface area contributed by atoms with E-state index in [1.54, 1.807) is 22.9 Å². The molecular weight excluding hydrogens is 280 g/mol. The topological polar surface area (TPSA) is 79.6 Å². The van der Waals surface area contributed by atoms with Gasteiger partial charge in [0, 0.05) is 25.3 Å². The molecule has 1 aliphatic rings. The minimum absolute atomic E-state index is 0.0336. The van der Waals surface area contributed by atoms with Crippen LogP contribution in [0.3, 0.4) is 0 Å². The summed E-state index contributed by atoms with van der Waals surface area (Å²) >= 11 is 0. The van der Waals surface area contributed by atoms with Crippen LogP contribution in [-0.2, 0) is 10.0 Å². The predicted octanol–water partition coefficient (Wildman–Crippen LogP) is 1.34. The van der Waals surface area contributed by atoms with Crippen molar-refractivity contribution in [2.24, 2.45) is 0 Å². The fourth-order valence-electron chi connectivity index (χ4n) is 2.55. The summed E-state index contributed by atoms with van der Waals surface area (Å²) in [5.74, 6) is -1.02. The van der Waals surface area contributed by atoms with Gasteiger partial charge in [-0.05, 0) is 25.0 Å². The maximum absolute atomic E-state index is 11.9. The molecule has 0 atom stereocenters. The number of hydrogen-bond donors (Lipinski definition) is 1. The summed E-state index contributed by atoms with van der Waals surface area (Å²) in [7, 11) is -3.26. The Morgan fingerprint density at radius 3 is 2.65 bits per heavy atom. The van der Waals surface area contributed by atoms with E-state index in [0.29, 0.717) is 25.9 Å². The lowest BCUT2D eigenvalue weighted by Gasteiger charge is -2.32. The van der Waals surface area contributed by atoms with Crippen LogP contribution in [0.2, 0.25) is 0 Å². The van der Waals surface area contributed by atoms with E-state index in [9.17, 15) is 13.2 Å². The molecule has 1 aliphatic heterocycles. The molecule has 0 unspecified atom stereocenters. The zero-order chi connectivity index (χ0) is 14.8. The van der Waals surface area contributed by atoms with Crippen LogP contribution >= 0.6 is 0 Å². The van der Waals surface area contributed by atoms with E-state index in [1.807, 2.05) is 0 Å². The molecule has 1 saturated heterocycles. The summed E-state index contributed by atoms with van der Waals surface area (Å²) in [5.41, 5.74) is 0.248. The SMILES string of the molecule is C=CCS(=O)(=O)N1CCC(n2cccc2C(=O)O)CC1. The Bertz CT molecular complexity index is 598. The highest BCUT2D eigenvalue weighted by Crippen LogP contribution is 2.26. The minimum atomic E-state index is -3.26. The Kier molecular flexibility index (Phi) is 4.29. The van der Waals surface area contributed by atoms with E-state index in [-0.39, 0.29) is 17.5 Å². The molecular formula is C13H18N2O4S. The summed E-state index contributed by atoms with van der Waals surface area (Å²) < 4.78 is 27.0. The summed E-state index contributed by atoms with van der Waals surface area (Å²) in [6, 6.07) is 3.29. The number of aromatic carboxylic acids is 1. The number of nitrogens with zero attached hydrogens (tertiary/aromatic N) is 2. The zero-order valence-electron chi connectivity index (χ0n) is 11.1. The van der Waals surface area contributed by atoms with Crippen LogP contribution in [0.15, 0.2) is 31.0 Å². The average Bonchev–Trinajstić information content (AvgIpc) is 2.88. The molecule has 1 N–H and O–H groups in total. The Morgan fingerprint density at radius 1 is 1.45 bits per heavy atom. The number of hydrogen-bond acceptors (Lipinski definition) is 3. The van der Waals surface area contributed by atoms with Gasteiger partial charge in [-0.3, -0.25) is 0 Å². The molecule has 6 nitrogen and oxygen atoms in total. The van der Waals surface area contributed by atoms with Gasteiger partial charge in [0.05, 0.1) is 5.75 Å². The van der Waals surface area contributed by atoms with Gasteiger partial charge in [0.15, 0.2) is 0 Å². The van der Waals surface area contributed by atoms with Gasteiger partial charge in [0.25, 0.3) is 0 Å². The predicted molar refractivity (Wildman–Crippen MR) is 75.2 cm³/mol. The first-order chi connectivity index (χ1) is 9.45. The van der Waals surface area contributed by atoms with E-state index in [2.05, 4.69) is 6.58 Å². The van der Waals surface area contributed by atoms with Crippen molar-refractivity contribution in [2.45, 2.75) is 18.9 Å². The highest BCUT2D eigenvalue weighted by molar-refractivity contribution is 7.89. The third-order valence-corrected chi connectivity index (χ3v) is 5.35. The molecule has 0 spiro atoms. The third kappa shape index (κ3) is 2.94. The van der Waals surface area contributed by atoms with Crippen LogP contribution < -0.4 is 0 Å². The van der Waals surface area contributed by atoms with E-state index < -0.39 is 16.0 Å². The second-order valence-electron chi connectivity index (χ2n) is 4.80. The van der Waals surface area contributed by atoms with Crippen molar-refractivity contribution in [3.63, 3.8) is 0 Å². The van der Waals surface area contributed by atoms with Gasteiger partial charge < -0.3 is 9.67 Å². The van der Waals surface area contributed by atoms with Gasteiger partial charge in [0.2, 0.25) is 10.0 Å². The molecule has 7 heteroatoms. The lowest BCUT2D eigenvalue weighted by molar-refractivity contribution is 0.0680. The van der Waals surface area contributed by atoms with Crippen molar-refractivity contribution < 1.29 is 18.3 Å². The fraction of sp³-hybridized carbons (Fsp3) is 0.462. The number of rotatable bonds is 5. The van der Waals surface area contributed by atoms with Gasteiger partial charge in [-0.15, -0.1) is 6.58 Å². The first-order valence-electron chi connectivity index (χ1n) is 6.44. The third-order valence-electron chi connectivity index (χ3n) is 3.54. The van der Waals surface area contributed by atoms with Crippen LogP contribution in [0.1, 0.15) is 29.4 Å². The fourth-order valence-corrected chi connectivity index (χ4v) is 3.82. The summed E-state index contributed by atoms with van der Waals surface area (Å²) in [6.45, 7) is 4.28. The normalized spacial score (nSPS) is 18.0. The summed E-state index contributed by atoms with van der Waals surface area (Å²) in [4.78, 5) is 11.1. The number of sulfonamides is 1. The van der Waals surface area contributed by atoms with Crippen molar-refractivity contribution in [1.82, 2.24) is 8.87 Å². The molecule has 110 valence electrons. The summed E-state index contributed by atoms with van der Waals surface area (Å²) in [6.07, 6.45) is 4.36. The first-order valence-corrected chi connectivity index (χ1v) is 8.05. The Labute approximate surface area is 118 Å². The first kappa shape index (κ1) is 14.8. The van der Waals surface area contributed by atoms with Crippen molar-refractivity contribution in [2.75, 3.05) is 18.8 Å². The van der Waals surface area contributed by atoms with Crippen molar-refractivity contribution >= 4 is 16.0 Å². The molecule has 0 bridgehead atoms. The molecule has 2 rings (SSSR count). The maximum Gasteiger partial charge on any atom is 0.352 e. The Hall–Kier alpha value is -1.60. The maximum atomic E-state index is 11.9. The standard InChI is InChI=1S/C13H18N2O4S/c1-2-10-20(18,19)14-8-5-11(6-9-14)15-7-3-4-12(15)13(16)17/h2-4,7,11H,1,5-6,8-10H2,(H,16,17). The van der Waals surface area contributed by atoms with Crippen LogP contribution in [0.4, 0.5) is 0 Å². The highest BCUT2D eigenvalue weighted by Gasteiger charge is 2.28. The second-order valence-corrected chi connectivity index (χ2v) is 6.82. The van der Waals surface area contributed by atoms with Gasteiger partial charge in [-0.25, -0.2) is 17.5 Å². The monoisotopic (exact) mass is 298 g/mol. The smallest absolute Gasteiger partial charge is 0.352 e. The molecule has 1 fully saturated rings. The van der Waals surface area contributed by atoms with Crippen molar-refractivity contribution in [1.29, 1.82) is 0 Å². The van der Waals surface area contributed by atoms with Gasteiger partial charge in [0.1, 0.15) is 5.69 Å². The van der Waals surface area contributed by atoms with Crippen LogP contribution in [0.25, 0.3) is 0 Å². The molecule has 20 heavy (non-hydrogen) atoms. The van der Waals surface area contributed by atoms with Gasteiger partial charge >= 0.3 is 5.97 Å². The number of piperidine rings is 1. The van der Waals surface area contributed by atoms with Gasteiger partial charge in [-0.2, -0.15) is 0 Å². The molecule has 0 aromatic carbocycles. The number of carboxylic acid groups (broad SMARTS) is 1. The van der Waals surface area contributed by atoms with Crippen molar-refractivity contribution in [3.05, 3.63) is 36.7 Å². The van der Waals surface area contributed by atoms with Crippen LogP contribution in [0.5, 0.6) is 0 Å². The lowest BCUT2D eigenvalue weighted by atomic mass is 10.1. The van der Waals surface area contributed by atoms with Crippen molar-refractivity contribution in [3.8, 4) is 0 Å². The van der Waals surface area contributed by atoms with Crippen LogP contribution in [-0.4, -0.2) is 47.2 Å². The van der Waals surface area contributed by atoms with E-state index >= 15 is 0 Å². The molecule has 1 aromatic heterocycles. The Morgan fingerprint density at radius 2 is 2.10 bits per heavy atom. The second kappa shape index (κ2) is 5.80. The number of carboxylic acids is 1. The quantitative estimate of drug-likeness (QED) is 0.832. The zero-order valence-corrected chi connectivity index (χ0v) is 11.9. The van der Waals surface area contributed by atoms with E-state index in [0.717, 1.165) is 0 Å². The molecule has 1 aromatic rings. The number of carbonyl (C=O) groups is 1. The molecule has 0 aliphatic carbocycles. The van der Waals surface area contributed by atoms with E-state index in [4.69, 9.17) is 5.11 Å². The lowest BCUT2D eigenvalue weighted by Crippen LogP contribution is -2.40. The molecule has 0 radical (unpaired) electrons. The average molecular weight is 298 g/mol. The molecule has 2 heterocycles. The Balaban J connectivity index is 2.06. The minimum Gasteiger partial charge on any atom is -0.477 e. The van der Waals surface area contributed by atoms with Gasteiger partial charge in [-0.1, -0.05) is 6.08 Å². The summed E-state index contributed by atoms with van der Waals surface area (Å²) in [5, 5.41) is 9.10. The number of aromatic nitrogens is 1.